The zero-order valence-corrected chi connectivity index (χ0v) is 19.1. The number of unbranched alkanes of at least 4 members (excludes halogenated alkanes) is 1. The Morgan fingerprint density at radius 2 is 1.47 bits per heavy atom. The first-order chi connectivity index (χ1) is 14.2. The second-order valence-corrected chi connectivity index (χ2v) is 9.42. The van der Waals surface area contributed by atoms with E-state index in [0.29, 0.717) is 18.8 Å². The molecular weight excluding hydrogens is 396 g/mol. The van der Waals surface area contributed by atoms with Crippen molar-refractivity contribution in [1.29, 1.82) is 0 Å². The van der Waals surface area contributed by atoms with Gasteiger partial charge in [-0.25, -0.2) is 0 Å². The normalized spacial score (nSPS) is 11.1. The van der Waals surface area contributed by atoms with Crippen LogP contribution in [-0.4, -0.2) is 24.2 Å². The summed E-state index contributed by atoms with van der Waals surface area (Å²) in [5.41, 5.74) is 1.47. The number of amides is 2. The first-order valence-electron chi connectivity index (χ1n) is 10.3. The molecule has 2 amide bonds. The van der Waals surface area contributed by atoms with Gasteiger partial charge >= 0.3 is 0 Å². The molecule has 0 bridgehead atoms. The predicted octanol–water partition coefficient (Wildman–Crippen LogP) is 5.97. The van der Waals surface area contributed by atoms with Crippen LogP contribution in [0.15, 0.2) is 53.4 Å². The number of anilines is 2. The van der Waals surface area contributed by atoms with E-state index in [1.54, 1.807) is 0 Å². The molecule has 2 rings (SSSR count). The van der Waals surface area contributed by atoms with Crippen molar-refractivity contribution in [2.24, 2.45) is 5.41 Å². The van der Waals surface area contributed by atoms with E-state index in [1.807, 2.05) is 69.3 Å². The minimum atomic E-state index is -0.0674. The second-order valence-electron chi connectivity index (χ2n) is 8.37. The average molecular weight is 429 g/mol. The fourth-order valence-electron chi connectivity index (χ4n) is 2.64. The molecule has 2 aromatic rings. The van der Waals surface area contributed by atoms with Crippen LogP contribution in [0, 0.1) is 5.41 Å². The van der Waals surface area contributed by atoms with Crippen molar-refractivity contribution in [1.82, 2.24) is 0 Å². The maximum atomic E-state index is 12.2. The zero-order chi connectivity index (χ0) is 22.0. The highest BCUT2D eigenvalue weighted by Gasteiger charge is 2.15. The van der Waals surface area contributed by atoms with Crippen molar-refractivity contribution in [2.75, 3.05) is 23.0 Å². The Kier molecular flexibility index (Phi) is 9.24. The van der Waals surface area contributed by atoms with Crippen LogP contribution < -0.4 is 15.4 Å². The summed E-state index contributed by atoms with van der Waals surface area (Å²) in [6.07, 6.45) is 2.59. The Balaban J connectivity index is 1.76. The fraction of sp³-hybridized carbons (Fsp3) is 0.417. The van der Waals surface area contributed by atoms with Crippen LogP contribution in [0.2, 0.25) is 0 Å². The van der Waals surface area contributed by atoms with E-state index in [1.165, 1.54) is 11.8 Å². The molecule has 0 spiro atoms. The van der Waals surface area contributed by atoms with Gasteiger partial charge in [-0.15, -0.1) is 11.8 Å². The highest BCUT2D eigenvalue weighted by atomic mass is 32.2. The number of carbonyl (C=O) groups excluding carboxylic acids is 2. The number of carbonyl (C=O) groups is 2. The number of ether oxygens (including phenoxy) is 1. The molecule has 0 atom stereocenters. The van der Waals surface area contributed by atoms with Crippen LogP contribution in [0.25, 0.3) is 0 Å². The highest BCUT2D eigenvalue weighted by molar-refractivity contribution is 8.00. The summed E-state index contributed by atoms with van der Waals surface area (Å²) in [7, 11) is 0. The van der Waals surface area contributed by atoms with Gasteiger partial charge in [-0.2, -0.15) is 0 Å². The molecule has 0 saturated heterocycles. The maximum absolute atomic E-state index is 12.2. The van der Waals surface area contributed by atoms with Crippen molar-refractivity contribution in [3.63, 3.8) is 0 Å². The van der Waals surface area contributed by atoms with Gasteiger partial charge in [0.05, 0.1) is 12.4 Å². The van der Waals surface area contributed by atoms with Crippen LogP contribution in [0.1, 0.15) is 47.0 Å². The number of thioether (sulfide) groups is 1. The summed E-state index contributed by atoms with van der Waals surface area (Å²) in [6, 6.07) is 15.0. The Morgan fingerprint density at radius 1 is 0.900 bits per heavy atom. The van der Waals surface area contributed by atoms with Gasteiger partial charge in [-0.05, 0) is 60.4 Å². The van der Waals surface area contributed by atoms with E-state index in [4.69, 9.17) is 4.74 Å². The summed E-state index contributed by atoms with van der Waals surface area (Å²) in [4.78, 5) is 25.2. The van der Waals surface area contributed by atoms with E-state index in [-0.39, 0.29) is 17.2 Å². The Labute approximate surface area is 184 Å². The van der Waals surface area contributed by atoms with Gasteiger partial charge in [0.1, 0.15) is 5.75 Å². The molecule has 162 valence electrons. The molecule has 2 aromatic carbocycles. The largest absolute Gasteiger partial charge is 0.494 e. The molecule has 6 heteroatoms. The van der Waals surface area contributed by atoms with Gasteiger partial charge in [-0.1, -0.05) is 34.1 Å². The van der Waals surface area contributed by atoms with Crippen LogP contribution in [0.3, 0.4) is 0 Å². The molecular formula is C24H32N2O3S. The molecule has 2 N–H and O–H groups in total. The van der Waals surface area contributed by atoms with E-state index < -0.39 is 0 Å². The molecule has 0 unspecified atom stereocenters. The van der Waals surface area contributed by atoms with Crippen molar-refractivity contribution in [3.8, 4) is 5.75 Å². The fourth-order valence-corrected chi connectivity index (χ4v) is 3.33. The lowest BCUT2D eigenvalue weighted by molar-refractivity contribution is -0.118. The Bertz CT molecular complexity index is 812. The van der Waals surface area contributed by atoms with Crippen LogP contribution in [0.4, 0.5) is 11.4 Å². The quantitative estimate of drug-likeness (QED) is 0.361. The van der Waals surface area contributed by atoms with Crippen molar-refractivity contribution in [3.05, 3.63) is 48.5 Å². The summed E-state index contributed by atoms with van der Waals surface area (Å²) in [6.45, 7) is 8.94. The third-order valence-electron chi connectivity index (χ3n) is 4.10. The Hall–Kier alpha value is -2.47. The van der Waals surface area contributed by atoms with E-state index in [2.05, 4.69) is 17.6 Å². The molecule has 0 heterocycles. The van der Waals surface area contributed by atoms with Crippen molar-refractivity contribution < 1.29 is 14.3 Å². The van der Waals surface area contributed by atoms with Gasteiger partial charge in [0.15, 0.2) is 0 Å². The SMILES string of the molecule is CCCCOc1ccc(NC(=O)CSc2ccc(NC(=O)CC(C)(C)C)cc2)cc1. The third kappa shape index (κ3) is 9.35. The third-order valence-corrected chi connectivity index (χ3v) is 5.12. The lowest BCUT2D eigenvalue weighted by Gasteiger charge is -2.17. The smallest absolute Gasteiger partial charge is 0.234 e. The molecule has 30 heavy (non-hydrogen) atoms. The molecule has 0 aliphatic rings. The minimum absolute atomic E-state index is 0.00376. The van der Waals surface area contributed by atoms with Gasteiger partial charge in [0.25, 0.3) is 0 Å². The van der Waals surface area contributed by atoms with Crippen LogP contribution in [0.5, 0.6) is 5.75 Å². The zero-order valence-electron chi connectivity index (χ0n) is 18.3. The molecule has 0 aliphatic carbocycles. The first-order valence-corrected chi connectivity index (χ1v) is 11.3. The summed E-state index contributed by atoms with van der Waals surface area (Å²) < 4.78 is 5.63. The average Bonchev–Trinajstić information content (AvgIpc) is 2.67. The van der Waals surface area contributed by atoms with Gasteiger partial charge in [-0.3, -0.25) is 9.59 Å². The number of hydrogen-bond donors (Lipinski definition) is 2. The second kappa shape index (κ2) is 11.6. The number of benzene rings is 2. The summed E-state index contributed by atoms with van der Waals surface area (Å²) in [5.74, 6) is 1.06. The lowest BCUT2D eigenvalue weighted by atomic mass is 9.92. The number of hydrogen-bond acceptors (Lipinski definition) is 4. The standard InChI is InChI=1S/C24H32N2O3S/c1-5-6-15-29-20-11-7-18(8-12-20)26-23(28)17-30-21-13-9-19(10-14-21)25-22(27)16-24(2,3)4/h7-14H,5-6,15-17H2,1-4H3,(H,25,27)(H,26,28). The summed E-state index contributed by atoms with van der Waals surface area (Å²) >= 11 is 1.45. The molecule has 5 nitrogen and oxygen atoms in total. The molecule has 0 aliphatic heterocycles. The highest BCUT2D eigenvalue weighted by Crippen LogP contribution is 2.23. The van der Waals surface area contributed by atoms with E-state index >= 15 is 0 Å². The van der Waals surface area contributed by atoms with E-state index in [9.17, 15) is 9.59 Å². The lowest BCUT2D eigenvalue weighted by Crippen LogP contribution is -2.19. The predicted molar refractivity (Wildman–Crippen MR) is 125 cm³/mol. The topological polar surface area (TPSA) is 67.4 Å². The van der Waals surface area contributed by atoms with Gasteiger partial charge < -0.3 is 15.4 Å². The van der Waals surface area contributed by atoms with Crippen LogP contribution in [-0.2, 0) is 9.59 Å². The van der Waals surface area contributed by atoms with E-state index in [0.717, 1.165) is 34.9 Å². The summed E-state index contributed by atoms with van der Waals surface area (Å²) in [5, 5.41) is 5.80. The van der Waals surface area contributed by atoms with Crippen LogP contribution >= 0.6 is 11.8 Å². The molecule has 0 aromatic heterocycles. The first kappa shape index (κ1) is 23.8. The molecule has 0 saturated carbocycles. The van der Waals surface area contributed by atoms with Gasteiger partial charge in [0.2, 0.25) is 11.8 Å². The minimum Gasteiger partial charge on any atom is -0.494 e. The number of nitrogens with one attached hydrogen (secondary N) is 2. The Morgan fingerprint density at radius 3 is 2.03 bits per heavy atom. The van der Waals surface area contributed by atoms with Gasteiger partial charge in [0, 0.05) is 22.7 Å². The molecule has 0 radical (unpaired) electrons. The van der Waals surface area contributed by atoms with Crippen molar-refractivity contribution >= 4 is 35.0 Å². The number of rotatable bonds is 10. The maximum Gasteiger partial charge on any atom is 0.234 e. The molecule has 0 fully saturated rings. The van der Waals surface area contributed by atoms with Crippen molar-refractivity contribution in [2.45, 2.75) is 51.9 Å². The monoisotopic (exact) mass is 428 g/mol.